The first-order valence-electron chi connectivity index (χ1n) is 6.81. The average Bonchev–Trinajstić information content (AvgIpc) is 2.41. The van der Waals surface area contributed by atoms with Crippen LogP contribution < -0.4 is 0 Å². The van der Waals surface area contributed by atoms with Gasteiger partial charge in [-0.2, -0.15) is 11.8 Å². The van der Waals surface area contributed by atoms with E-state index in [2.05, 4.69) is 36.1 Å². The van der Waals surface area contributed by atoms with Crippen LogP contribution in [0.4, 0.5) is 0 Å². The number of nitrogens with zero attached hydrogens (tertiary/aromatic N) is 1. The van der Waals surface area contributed by atoms with E-state index in [0.717, 1.165) is 31.0 Å². The Bertz CT molecular complexity index is 436. The third-order valence-corrected chi connectivity index (χ3v) is 4.72. The van der Waals surface area contributed by atoms with E-state index in [4.69, 9.17) is 5.11 Å². The molecule has 2 rings (SSSR count). The molecule has 104 valence electrons. The lowest BCUT2D eigenvalue weighted by molar-refractivity contribution is -0.138. The molecule has 0 spiro atoms. The summed E-state index contributed by atoms with van der Waals surface area (Å²) < 4.78 is 0. The standard InChI is InChI=1S/C15H21NO2S/c1-2-12-5-3-4-6-13(12)10-16-7-8-19-11-14(16)9-15(17)18/h3-6,14H,2,7-11H2,1H3,(H,17,18). The fraction of sp³-hybridized carbons (Fsp3) is 0.533. The van der Waals surface area contributed by atoms with Crippen molar-refractivity contribution in [1.82, 2.24) is 4.90 Å². The number of aliphatic carboxylic acids is 1. The van der Waals surface area contributed by atoms with Crippen molar-refractivity contribution in [2.24, 2.45) is 0 Å². The zero-order chi connectivity index (χ0) is 13.7. The predicted molar refractivity (Wildman–Crippen MR) is 79.6 cm³/mol. The van der Waals surface area contributed by atoms with Crippen molar-refractivity contribution < 1.29 is 9.90 Å². The first kappa shape index (κ1) is 14.4. The Labute approximate surface area is 119 Å². The van der Waals surface area contributed by atoms with Gasteiger partial charge in [0.25, 0.3) is 0 Å². The minimum absolute atomic E-state index is 0.168. The molecule has 0 amide bonds. The van der Waals surface area contributed by atoms with Crippen LogP contribution in [0.1, 0.15) is 24.5 Å². The molecule has 0 aliphatic carbocycles. The van der Waals surface area contributed by atoms with E-state index in [1.165, 1.54) is 11.1 Å². The second kappa shape index (κ2) is 6.96. The summed E-state index contributed by atoms with van der Waals surface area (Å²) in [5.41, 5.74) is 2.71. The first-order chi connectivity index (χ1) is 9.20. The number of aryl methyl sites for hydroxylation is 1. The van der Waals surface area contributed by atoms with Crippen molar-refractivity contribution in [2.45, 2.75) is 32.4 Å². The van der Waals surface area contributed by atoms with Crippen LogP contribution >= 0.6 is 11.8 Å². The molecule has 1 unspecified atom stereocenters. The lowest BCUT2D eigenvalue weighted by Gasteiger charge is -2.35. The molecule has 3 nitrogen and oxygen atoms in total. The molecule has 0 aromatic heterocycles. The molecule has 1 aliphatic rings. The number of carboxylic acid groups (broad SMARTS) is 1. The third-order valence-electron chi connectivity index (χ3n) is 3.63. The molecule has 1 fully saturated rings. The normalized spacial score (nSPS) is 20.4. The van der Waals surface area contributed by atoms with Gasteiger partial charge in [0.2, 0.25) is 0 Å². The first-order valence-corrected chi connectivity index (χ1v) is 7.96. The van der Waals surface area contributed by atoms with Crippen LogP contribution in [0.25, 0.3) is 0 Å². The van der Waals surface area contributed by atoms with Crippen molar-refractivity contribution in [3.8, 4) is 0 Å². The zero-order valence-electron chi connectivity index (χ0n) is 11.3. The Hall–Kier alpha value is -1.00. The largest absolute Gasteiger partial charge is 0.481 e. The van der Waals surface area contributed by atoms with Crippen LogP contribution in [0.3, 0.4) is 0 Å². The molecule has 1 saturated heterocycles. The Balaban J connectivity index is 2.08. The molecular weight excluding hydrogens is 258 g/mol. The Morgan fingerprint density at radius 1 is 1.42 bits per heavy atom. The maximum absolute atomic E-state index is 11.0. The summed E-state index contributed by atoms with van der Waals surface area (Å²) >= 11 is 1.86. The van der Waals surface area contributed by atoms with Gasteiger partial charge in [0.05, 0.1) is 6.42 Å². The lowest BCUT2D eigenvalue weighted by atomic mass is 10.0. The van der Waals surface area contributed by atoms with Gasteiger partial charge in [-0.1, -0.05) is 31.2 Å². The van der Waals surface area contributed by atoms with E-state index >= 15 is 0 Å². The number of carbonyl (C=O) groups is 1. The summed E-state index contributed by atoms with van der Waals surface area (Å²) in [7, 11) is 0. The summed E-state index contributed by atoms with van der Waals surface area (Å²) in [6, 6.07) is 8.64. The van der Waals surface area contributed by atoms with Crippen LogP contribution in [0.15, 0.2) is 24.3 Å². The minimum Gasteiger partial charge on any atom is -0.481 e. The van der Waals surface area contributed by atoms with Crippen LogP contribution in [0, 0.1) is 0 Å². The van der Waals surface area contributed by atoms with Crippen molar-refractivity contribution in [2.75, 3.05) is 18.1 Å². The average molecular weight is 279 g/mol. The number of rotatable bonds is 5. The predicted octanol–water partition coefficient (Wildman–Crippen LogP) is 2.64. The Kier molecular flexibility index (Phi) is 5.28. The Morgan fingerprint density at radius 2 is 2.16 bits per heavy atom. The van der Waals surface area contributed by atoms with Crippen molar-refractivity contribution >= 4 is 17.7 Å². The smallest absolute Gasteiger partial charge is 0.304 e. The second-order valence-corrected chi connectivity index (χ2v) is 6.07. The minimum atomic E-state index is -0.693. The van der Waals surface area contributed by atoms with E-state index in [9.17, 15) is 4.79 Å². The number of thioether (sulfide) groups is 1. The highest BCUT2D eigenvalue weighted by atomic mass is 32.2. The quantitative estimate of drug-likeness (QED) is 0.899. The number of hydrogen-bond donors (Lipinski definition) is 1. The van der Waals surface area contributed by atoms with Gasteiger partial charge in [0, 0.05) is 30.6 Å². The molecule has 1 atom stereocenters. The van der Waals surface area contributed by atoms with Gasteiger partial charge < -0.3 is 5.11 Å². The van der Waals surface area contributed by atoms with Gasteiger partial charge in [-0.3, -0.25) is 9.69 Å². The monoisotopic (exact) mass is 279 g/mol. The highest BCUT2D eigenvalue weighted by Gasteiger charge is 2.25. The van der Waals surface area contributed by atoms with Gasteiger partial charge >= 0.3 is 5.97 Å². The summed E-state index contributed by atoms with van der Waals surface area (Å²) in [6.07, 6.45) is 1.28. The van der Waals surface area contributed by atoms with E-state index in [0.29, 0.717) is 0 Å². The maximum atomic E-state index is 11.0. The van der Waals surface area contributed by atoms with Crippen molar-refractivity contribution in [3.63, 3.8) is 0 Å². The van der Waals surface area contributed by atoms with Crippen LogP contribution in [-0.2, 0) is 17.8 Å². The lowest BCUT2D eigenvalue weighted by Crippen LogP contribution is -2.43. The molecule has 0 saturated carbocycles. The zero-order valence-corrected chi connectivity index (χ0v) is 12.2. The van der Waals surface area contributed by atoms with E-state index in [1.807, 2.05) is 11.8 Å². The number of carboxylic acids is 1. The van der Waals surface area contributed by atoms with E-state index < -0.39 is 5.97 Å². The molecular formula is C15H21NO2S. The highest BCUT2D eigenvalue weighted by Crippen LogP contribution is 2.22. The van der Waals surface area contributed by atoms with Crippen molar-refractivity contribution in [3.05, 3.63) is 35.4 Å². The second-order valence-electron chi connectivity index (χ2n) is 4.92. The molecule has 1 aromatic rings. The van der Waals surface area contributed by atoms with Crippen LogP contribution in [0.5, 0.6) is 0 Å². The van der Waals surface area contributed by atoms with Gasteiger partial charge in [-0.15, -0.1) is 0 Å². The molecule has 0 bridgehead atoms. The maximum Gasteiger partial charge on any atom is 0.304 e. The van der Waals surface area contributed by atoms with E-state index in [-0.39, 0.29) is 12.5 Å². The molecule has 1 aromatic carbocycles. The fourth-order valence-corrected chi connectivity index (χ4v) is 3.69. The van der Waals surface area contributed by atoms with Gasteiger partial charge in [-0.25, -0.2) is 0 Å². The SMILES string of the molecule is CCc1ccccc1CN1CCSCC1CC(=O)O. The van der Waals surface area contributed by atoms with E-state index in [1.54, 1.807) is 0 Å². The molecule has 1 aliphatic heterocycles. The molecule has 0 radical (unpaired) electrons. The third kappa shape index (κ3) is 3.98. The summed E-state index contributed by atoms with van der Waals surface area (Å²) in [5, 5.41) is 9.01. The molecule has 19 heavy (non-hydrogen) atoms. The summed E-state index contributed by atoms with van der Waals surface area (Å²) in [6.45, 7) is 4.03. The Morgan fingerprint density at radius 3 is 2.84 bits per heavy atom. The molecule has 1 heterocycles. The molecule has 1 N–H and O–H groups in total. The number of benzene rings is 1. The number of hydrogen-bond acceptors (Lipinski definition) is 3. The summed E-state index contributed by atoms with van der Waals surface area (Å²) in [5.74, 6) is 1.34. The van der Waals surface area contributed by atoms with Gasteiger partial charge in [0.15, 0.2) is 0 Å². The van der Waals surface area contributed by atoms with Crippen LogP contribution in [0.2, 0.25) is 0 Å². The summed E-state index contributed by atoms with van der Waals surface area (Å²) in [4.78, 5) is 13.3. The fourth-order valence-electron chi connectivity index (χ4n) is 2.56. The molecule has 4 heteroatoms. The van der Waals surface area contributed by atoms with Crippen LogP contribution in [-0.4, -0.2) is 40.1 Å². The van der Waals surface area contributed by atoms with Gasteiger partial charge in [-0.05, 0) is 17.5 Å². The van der Waals surface area contributed by atoms with Crippen molar-refractivity contribution in [1.29, 1.82) is 0 Å². The highest BCUT2D eigenvalue weighted by molar-refractivity contribution is 7.99. The van der Waals surface area contributed by atoms with Gasteiger partial charge in [0.1, 0.15) is 0 Å². The topological polar surface area (TPSA) is 40.5 Å².